The van der Waals surface area contributed by atoms with E-state index >= 15 is 0 Å². The topological polar surface area (TPSA) is 115 Å². The predicted octanol–water partition coefficient (Wildman–Crippen LogP) is 0.573. The fourth-order valence-corrected chi connectivity index (χ4v) is 2.81. The molecule has 0 aliphatic heterocycles. The summed E-state index contributed by atoms with van der Waals surface area (Å²) < 4.78 is 1.04. The zero-order valence-electron chi connectivity index (χ0n) is 10.8. The molecule has 2 aromatic heterocycles. The molecule has 2 aromatic rings. The van der Waals surface area contributed by atoms with E-state index in [-0.39, 0.29) is 5.56 Å². The van der Waals surface area contributed by atoms with E-state index < -0.39 is 18.9 Å². The fraction of sp³-hybridized carbons (Fsp3) is 0. The molecule has 0 amide bonds. The minimum atomic E-state index is -1.67. The van der Waals surface area contributed by atoms with Gasteiger partial charge in [-0.2, -0.15) is 11.3 Å². The first-order chi connectivity index (χ1) is 10.2. The summed E-state index contributed by atoms with van der Waals surface area (Å²) in [4.78, 5) is 20.5. The van der Waals surface area contributed by atoms with Gasteiger partial charge >= 0.3 is 18.9 Å². The highest BCUT2D eigenvalue weighted by molar-refractivity contribution is 9.11. The monoisotopic (exact) mass is 400 g/mol. The Hall–Kier alpha value is -1.07. The highest BCUT2D eigenvalue weighted by Crippen LogP contribution is 2.22. The summed E-state index contributed by atoms with van der Waals surface area (Å²) in [5.74, 6) is -1.85. The molecule has 0 fully saturated rings. The molecule has 12 heteroatoms. The van der Waals surface area contributed by atoms with Gasteiger partial charge in [0.15, 0.2) is 0 Å². The van der Waals surface area contributed by atoms with Gasteiger partial charge in [-0.25, -0.2) is 9.59 Å². The van der Waals surface area contributed by atoms with Crippen LogP contribution in [0.5, 0.6) is 0 Å². The number of carboxylic acids is 2. The van der Waals surface area contributed by atoms with Crippen molar-refractivity contribution in [1.82, 2.24) is 0 Å². The van der Waals surface area contributed by atoms with Crippen LogP contribution in [0.4, 0.5) is 0 Å². The highest BCUT2D eigenvalue weighted by atomic mass is 79.9. The van der Waals surface area contributed by atoms with Crippen molar-refractivity contribution in [2.24, 2.45) is 0 Å². The standard InChI is InChI=1S/C5H3BO2S.C5H3BrO2S.B2H2O2/c2*6-4-3(5(7)8)1-2-9-4;1-2(3)4/h2*1-2H,(H,7,8);3-4H. The van der Waals surface area contributed by atoms with Crippen LogP contribution in [0.2, 0.25) is 0 Å². The van der Waals surface area contributed by atoms with Gasteiger partial charge in [-0.3, -0.25) is 0 Å². The Morgan fingerprint density at radius 2 is 1.45 bits per heavy atom. The maximum Gasteiger partial charge on any atom is 0.381 e. The summed E-state index contributed by atoms with van der Waals surface area (Å²) in [5, 5.41) is 35.0. The van der Waals surface area contributed by atoms with E-state index in [1.165, 1.54) is 28.7 Å². The second kappa shape index (κ2) is 10.6. The van der Waals surface area contributed by atoms with Crippen molar-refractivity contribution in [1.29, 1.82) is 0 Å². The maximum atomic E-state index is 10.3. The lowest BCUT2D eigenvalue weighted by Gasteiger charge is -1.86. The fourth-order valence-electron chi connectivity index (χ4n) is 0.944. The van der Waals surface area contributed by atoms with Crippen molar-refractivity contribution in [3.8, 4) is 0 Å². The van der Waals surface area contributed by atoms with Gasteiger partial charge in [-0.05, 0) is 43.6 Å². The van der Waals surface area contributed by atoms with Gasteiger partial charge in [0.1, 0.15) is 15.6 Å². The van der Waals surface area contributed by atoms with E-state index in [4.69, 9.17) is 28.1 Å². The van der Waals surface area contributed by atoms with Crippen LogP contribution in [-0.4, -0.2) is 54.8 Å². The van der Waals surface area contributed by atoms with Crippen LogP contribution < -0.4 is 4.78 Å². The SMILES string of the molecule is O=C(O)c1ccsc1Br.[B]B(O)O.[B]c1sccc1C(=O)O. The van der Waals surface area contributed by atoms with Gasteiger partial charge in [-0.15, -0.1) is 11.3 Å². The summed E-state index contributed by atoms with van der Waals surface area (Å²) in [6, 6.07) is 3.05. The molecule has 2 rings (SSSR count). The summed E-state index contributed by atoms with van der Waals surface area (Å²) in [6.07, 6.45) is 0. The maximum absolute atomic E-state index is 10.3. The van der Waals surface area contributed by atoms with Crippen LogP contribution in [0.25, 0.3) is 0 Å². The van der Waals surface area contributed by atoms with Gasteiger partial charge in [0.25, 0.3) is 0 Å². The molecule has 0 atom stereocenters. The van der Waals surface area contributed by atoms with Gasteiger partial charge in [0, 0.05) is 0 Å². The van der Waals surface area contributed by atoms with Crippen molar-refractivity contribution in [3.63, 3.8) is 0 Å². The number of hydrogen-bond acceptors (Lipinski definition) is 6. The number of thiophene rings is 2. The third-order valence-electron chi connectivity index (χ3n) is 1.77. The van der Waals surface area contributed by atoms with E-state index in [1.54, 1.807) is 16.8 Å². The van der Waals surface area contributed by atoms with Crippen molar-refractivity contribution in [2.75, 3.05) is 0 Å². The molecule has 0 aliphatic carbocycles. The van der Waals surface area contributed by atoms with Crippen molar-refractivity contribution in [3.05, 3.63) is 37.8 Å². The quantitative estimate of drug-likeness (QED) is 0.548. The Morgan fingerprint density at radius 3 is 1.64 bits per heavy atom. The van der Waals surface area contributed by atoms with E-state index in [2.05, 4.69) is 23.7 Å². The zero-order chi connectivity index (χ0) is 17.3. The lowest BCUT2D eigenvalue weighted by molar-refractivity contribution is 0.0687. The molecule has 0 saturated carbocycles. The van der Waals surface area contributed by atoms with Crippen LogP contribution in [0, 0.1) is 0 Å². The summed E-state index contributed by atoms with van der Waals surface area (Å²) in [6.45, 7) is 0. The molecule has 6 nitrogen and oxygen atoms in total. The first-order valence-electron chi connectivity index (χ1n) is 5.31. The van der Waals surface area contributed by atoms with Crippen molar-refractivity contribution < 1.29 is 29.9 Å². The molecular weight excluding hydrogens is 393 g/mol. The Bertz CT molecular complexity index is 562. The lowest BCUT2D eigenvalue weighted by atomic mass is 9.64. The van der Waals surface area contributed by atoms with Crippen LogP contribution >= 0.6 is 38.6 Å². The van der Waals surface area contributed by atoms with Crippen molar-refractivity contribution >= 4 is 77.9 Å². The zero-order valence-corrected chi connectivity index (χ0v) is 14.1. The van der Waals surface area contributed by atoms with Gasteiger partial charge < -0.3 is 20.3 Å². The minimum absolute atomic E-state index is 0.194. The Labute approximate surface area is 145 Å². The molecule has 22 heavy (non-hydrogen) atoms. The van der Waals surface area contributed by atoms with Gasteiger partial charge in [-0.1, -0.05) is 0 Å². The molecular formula is C10H8B3BrO6S2. The number of halogens is 1. The number of aromatic carboxylic acids is 2. The number of rotatable bonds is 2. The molecule has 0 saturated heterocycles. The Morgan fingerprint density at radius 1 is 1.05 bits per heavy atom. The molecule has 4 radical (unpaired) electrons. The molecule has 0 unspecified atom stereocenters. The summed E-state index contributed by atoms with van der Waals surface area (Å²) in [7, 11) is 7.83. The van der Waals surface area contributed by atoms with Crippen LogP contribution in [0.15, 0.2) is 26.7 Å². The van der Waals surface area contributed by atoms with E-state index in [1.807, 2.05) is 0 Å². The molecule has 112 valence electrons. The van der Waals surface area contributed by atoms with E-state index in [0.29, 0.717) is 14.1 Å². The Kier molecular flexibility index (Phi) is 10.1. The lowest BCUT2D eigenvalue weighted by Crippen LogP contribution is -2.08. The predicted molar refractivity (Wildman–Crippen MR) is 91.6 cm³/mol. The average Bonchev–Trinajstić information content (AvgIpc) is 2.97. The average molecular weight is 401 g/mol. The third-order valence-corrected chi connectivity index (χ3v) is 4.21. The smallest absolute Gasteiger partial charge is 0.381 e. The minimum Gasteiger partial charge on any atom is -0.478 e. The second-order valence-corrected chi connectivity index (χ2v) is 6.51. The molecule has 0 aliphatic rings. The summed E-state index contributed by atoms with van der Waals surface area (Å²) in [5.41, 5.74) is 0.528. The molecule has 0 spiro atoms. The normalized spacial score (nSPS) is 8.86. The largest absolute Gasteiger partial charge is 0.478 e. The van der Waals surface area contributed by atoms with Crippen LogP contribution in [0.1, 0.15) is 20.7 Å². The highest BCUT2D eigenvalue weighted by Gasteiger charge is 2.07. The molecule has 2 heterocycles. The first-order valence-corrected chi connectivity index (χ1v) is 7.86. The molecule has 0 aromatic carbocycles. The summed E-state index contributed by atoms with van der Waals surface area (Å²) >= 11 is 5.70. The molecule has 0 bridgehead atoms. The third kappa shape index (κ3) is 8.40. The van der Waals surface area contributed by atoms with Gasteiger partial charge in [0.2, 0.25) is 0 Å². The van der Waals surface area contributed by atoms with Crippen LogP contribution in [0.3, 0.4) is 0 Å². The first kappa shape index (κ1) is 20.9. The van der Waals surface area contributed by atoms with Crippen molar-refractivity contribution in [2.45, 2.75) is 0 Å². The molecule has 4 N–H and O–H groups in total. The van der Waals surface area contributed by atoms with Gasteiger partial charge in [0.05, 0.1) is 14.9 Å². The number of carbonyl (C=O) groups is 2. The number of hydrogen-bond donors (Lipinski definition) is 4. The second-order valence-electron chi connectivity index (χ2n) is 3.33. The van der Waals surface area contributed by atoms with E-state index in [0.717, 1.165) is 0 Å². The Balaban J connectivity index is 0.000000326. The number of carboxylic acid groups (broad SMARTS) is 2. The van der Waals surface area contributed by atoms with Crippen LogP contribution in [-0.2, 0) is 0 Å². The van der Waals surface area contributed by atoms with E-state index in [9.17, 15) is 9.59 Å².